The first kappa shape index (κ1) is 16.7. The molecule has 0 radical (unpaired) electrons. The largest absolute Gasteiger partial charge is 0.480 e. The molecule has 1 saturated heterocycles. The second-order valence-electron chi connectivity index (χ2n) is 5.10. The minimum absolute atomic E-state index is 0. The van der Waals surface area contributed by atoms with Crippen LogP contribution in [0.1, 0.15) is 18.5 Å². The normalized spacial score (nSPS) is 18.1. The van der Waals surface area contributed by atoms with E-state index in [1.165, 1.54) is 0 Å². The van der Waals surface area contributed by atoms with Crippen molar-refractivity contribution in [2.75, 3.05) is 6.54 Å². The van der Waals surface area contributed by atoms with Crippen LogP contribution in [0.5, 0.6) is 0 Å². The van der Waals surface area contributed by atoms with E-state index in [1.807, 2.05) is 23.2 Å². The van der Waals surface area contributed by atoms with Gasteiger partial charge in [-0.3, -0.25) is 9.69 Å². The fourth-order valence-corrected chi connectivity index (χ4v) is 2.72. The number of carboxylic acid groups (broad SMARTS) is 1. The third kappa shape index (κ3) is 3.58. The van der Waals surface area contributed by atoms with Gasteiger partial charge in [-0.25, -0.2) is 4.68 Å². The predicted octanol–water partition coefficient (Wildman–Crippen LogP) is 2.39. The summed E-state index contributed by atoms with van der Waals surface area (Å²) in [6, 6.07) is 6.89. The number of hydrogen-bond acceptors (Lipinski definition) is 4. The molecule has 8 heteroatoms. The Morgan fingerprint density at radius 2 is 2.09 bits per heavy atom. The number of benzene rings is 1. The fraction of sp³-hybridized carbons (Fsp3) is 0.357. The SMILES string of the molecule is Cl.O=C(O)C1CCCN1Cc1cn(-c2ccc(Cl)cc2)nn1. The Kier molecular flexibility index (Phi) is 5.39. The Morgan fingerprint density at radius 3 is 2.77 bits per heavy atom. The first-order chi connectivity index (χ1) is 10.1. The average molecular weight is 343 g/mol. The van der Waals surface area contributed by atoms with Gasteiger partial charge < -0.3 is 5.11 Å². The van der Waals surface area contributed by atoms with E-state index in [-0.39, 0.29) is 12.4 Å². The lowest BCUT2D eigenvalue weighted by Gasteiger charge is -2.19. The second-order valence-corrected chi connectivity index (χ2v) is 5.53. The van der Waals surface area contributed by atoms with Crippen LogP contribution < -0.4 is 0 Å². The van der Waals surface area contributed by atoms with Crippen LogP contribution in [0.4, 0.5) is 0 Å². The molecule has 1 aromatic heterocycles. The predicted molar refractivity (Wildman–Crippen MR) is 84.7 cm³/mol. The third-order valence-corrected chi connectivity index (χ3v) is 3.90. The lowest BCUT2D eigenvalue weighted by molar-refractivity contribution is -0.142. The average Bonchev–Trinajstić information content (AvgIpc) is 3.09. The van der Waals surface area contributed by atoms with E-state index in [1.54, 1.807) is 16.8 Å². The summed E-state index contributed by atoms with van der Waals surface area (Å²) in [5.74, 6) is -0.766. The quantitative estimate of drug-likeness (QED) is 0.923. The molecule has 1 N–H and O–H groups in total. The van der Waals surface area contributed by atoms with E-state index < -0.39 is 12.0 Å². The Balaban J connectivity index is 0.00000176. The van der Waals surface area contributed by atoms with Crippen molar-refractivity contribution < 1.29 is 9.90 Å². The van der Waals surface area contributed by atoms with Gasteiger partial charge in [-0.05, 0) is 43.7 Å². The summed E-state index contributed by atoms with van der Waals surface area (Å²) in [6.45, 7) is 1.29. The van der Waals surface area contributed by atoms with Crippen LogP contribution in [-0.2, 0) is 11.3 Å². The Morgan fingerprint density at radius 1 is 1.36 bits per heavy atom. The smallest absolute Gasteiger partial charge is 0.320 e. The first-order valence-corrected chi connectivity index (χ1v) is 7.15. The van der Waals surface area contributed by atoms with Crippen molar-refractivity contribution in [2.45, 2.75) is 25.4 Å². The topological polar surface area (TPSA) is 71.2 Å². The number of carbonyl (C=O) groups is 1. The summed E-state index contributed by atoms with van der Waals surface area (Å²) in [5.41, 5.74) is 1.63. The fourth-order valence-electron chi connectivity index (χ4n) is 2.59. The summed E-state index contributed by atoms with van der Waals surface area (Å²) >= 11 is 5.86. The summed E-state index contributed by atoms with van der Waals surface area (Å²) in [6.07, 6.45) is 3.42. The van der Waals surface area contributed by atoms with E-state index in [2.05, 4.69) is 10.3 Å². The van der Waals surface area contributed by atoms with E-state index in [0.29, 0.717) is 18.0 Å². The molecule has 118 valence electrons. The second kappa shape index (κ2) is 7.09. The maximum Gasteiger partial charge on any atom is 0.320 e. The minimum Gasteiger partial charge on any atom is -0.480 e. The number of likely N-dealkylation sites (tertiary alicyclic amines) is 1. The molecule has 1 atom stereocenters. The number of hydrogen-bond donors (Lipinski definition) is 1. The Labute approximate surface area is 139 Å². The zero-order valence-electron chi connectivity index (χ0n) is 11.7. The highest BCUT2D eigenvalue weighted by molar-refractivity contribution is 6.30. The van der Waals surface area contributed by atoms with Crippen LogP contribution in [0.3, 0.4) is 0 Å². The number of halogens is 2. The highest BCUT2D eigenvalue weighted by Gasteiger charge is 2.30. The van der Waals surface area contributed by atoms with Crippen LogP contribution in [0, 0.1) is 0 Å². The zero-order chi connectivity index (χ0) is 14.8. The summed E-state index contributed by atoms with van der Waals surface area (Å²) in [7, 11) is 0. The molecule has 0 saturated carbocycles. The summed E-state index contributed by atoms with van der Waals surface area (Å²) < 4.78 is 1.66. The van der Waals surface area contributed by atoms with Crippen molar-refractivity contribution in [1.82, 2.24) is 19.9 Å². The van der Waals surface area contributed by atoms with Crippen LogP contribution in [-0.4, -0.2) is 43.6 Å². The van der Waals surface area contributed by atoms with E-state index >= 15 is 0 Å². The van der Waals surface area contributed by atoms with Gasteiger partial charge in [0.25, 0.3) is 0 Å². The van der Waals surface area contributed by atoms with Gasteiger partial charge in [0.2, 0.25) is 0 Å². The Bertz CT molecular complexity index is 645. The van der Waals surface area contributed by atoms with Gasteiger partial charge in [-0.1, -0.05) is 16.8 Å². The number of aromatic nitrogens is 3. The molecular formula is C14H16Cl2N4O2. The van der Waals surface area contributed by atoms with Gasteiger partial charge in [-0.2, -0.15) is 0 Å². The van der Waals surface area contributed by atoms with Gasteiger partial charge in [0, 0.05) is 11.6 Å². The molecular weight excluding hydrogens is 327 g/mol. The van der Waals surface area contributed by atoms with Gasteiger partial charge in [0.05, 0.1) is 17.6 Å². The van der Waals surface area contributed by atoms with E-state index in [9.17, 15) is 9.90 Å². The molecule has 1 aromatic carbocycles. The monoisotopic (exact) mass is 342 g/mol. The van der Waals surface area contributed by atoms with Gasteiger partial charge in [0.1, 0.15) is 6.04 Å². The summed E-state index contributed by atoms with van der Waals surface area (Å²) in [4.78, 5) is 13.1. The molecule has 0 amide bonds. The highest BCUT2D eigenvalue weighted by atomic mass is 35.5. The molecule has 1 fully saturated rings. The number of aliphatic carboxylic acids is 1. The van der Waals surface area contributed by atoms with Crippen molar-refractivity contribution in [3.8, 4) is 5.69 Å². The molecule has 2 aromatic rings. The lowest BCUT2D eigenvalue weighted by Crippen LogP contribution is -2.35. The minimum atomic E-state index is -0.766. The summed E-state index contributed by atoms with van der Waals surface area (Å²) in [5, 5.41) is 18.0. The van der Waals surface area contributed by atoms with Crippen molar-refractivity contribution in [2.24, 2.45) is 0 Å². The molecule has 1 aliphatic heterocycles. The molecule has 22 heavy (non-hydrogen) atoms. The first-order valence-electron chi connectivity index (χ1n) is 6.77. The van der Waals surface area contributed by atoms with Crippen molar-refractivity contribution in [1.29, 1.82) is 0 Å². The maximum absolute atomic E-state index is 11.2. The van der Waals surface area contributed by atoms with Gasteiger partial charge >= 0.3 is 5.97 Å². The molecule has 3 rings (SSSR count). The van der Waals surface area contributed by atoms with Crippen molar-refractivity contribution >= 4 is 30.0 Å². The van der Waals surface area contributed by atoms with E-state index in [0.717, 1.165) is 24.3 Å². The number of carboxylic acids is 1. The van der Waals surface area contributed by atoms with Crippen molar-refractivity contribution in [3.05, 3.63) is 41.2 Å². The molecule has 1 unspecified atom stereocenters. The van der Waals surface area contributed by atoms with Gasteiger partial charge in [0.15, 0.2) is 0 Å². The lowest BCUT2D eigenvalue weighted by atomic mass is 10.2. The highest BCUT2D eigenvalue weighted by Crippen LogP contribution is 2.20. The molecule has 1 aliphatic rings. The molecule has 2 heterocycles. The van der Waals surface area contributed by atoms with Crippen molar-refractivity contribution in [3.63, 3.8) is 0 Å². The molecule has 0 spiro atoms. The maximum atomic E-state index is 11.2. The molecule has 6 nitrogen and oxygen atoms in total. The third-order valence-electron chi connectivity index (χ3n) is 3.65. The van der Waals surface area contributed by atoms with E-state index in [4.69, 9.17) is 11.6 Å². The number of nitrogens with zero attached hydrogens (tertiary/aromatic N) is 4. The zero-order valence-corrected chi connectivity index (χ0v) is 13.3. The van der Waals surface area contributed by atoms with Crippen LogP contribution >= 0.6 is 24.0 Å². The standard InChI is InChI=1S/C14H15ClN4O2.ClH/c15-10-3-5-12(6-4-10)19-9-11(16-17-19)8-18-7-1-2-13(18)14(20)21;/h3-6,9,13H,1-2,7-8H2,(H,20,21);1H. The Hall–Kier alpha value is -1.63. The number of rotatable bonds is 4. The molecule has 0 bridgehead atoms. The van der Waals surface area contributed by atoms with Crippen LogP contribution in [0.2, 0.25) is 5.02 Å². The van der Waals surface area contributed by atoms with Crippen LogP contribution in [0.25, 0.3) is 5.69 Å². The molecule has 0 aliphatic carbocycles. The van der Waals surface area contributed by atoms with Gasteiger partial charge in [-0.15, -0.1) is 17.5 Å². The van der Waals surface area contributed by atoms with Crippen LogP contribution in [0.15, 0.2) is 30.5 Å².